The van der Waals surface area contributed by atoms with Crippen molar-refractivity contribution in [3.63, 3.8) is 0 Å². The molecule has 0 spiro atoms. The summed E-state index contributed by atoms with van der Waals surface area (Å²) in [5.41, 5.74) is 1.36. The molecule has 0 aliphatic rings. The lowest BCUT2D eigenvalue weighted by Gasteiger charge is -2.49. The van der Waals surface area contributed by atoms with Crippen LogP contribution in [-0.4, -0.2) is 48.8 Å². The minimum Gasteiger partial charge on any atom is -0.743 e. The van der Waals surface area contributed by atoms with Gasteiger partial charge in [-0.1, -0.05) is 54.6 Å². The first-order valence-corrected chi connectivity index (χ1v) is 15.0. The van der Waals surface area contributed by atoms with Crippen molar-refractivity contribution in [2.24, 2.45) is 0 Å². The predicted molar refractivity (Wildman–Crippen MR) is 129 cm³/mol. The molecule has 0 aliphatic carbocycles. The summed E-state index contributed by atoms with van der Waals surface area (Å²) in [6, 6.07) is 30.7. The van der Waals surface area contributed by atoms with Gasteiger partial charge in [0.25, 0.3) is 0 Å². The van der Waals surface area contributed by atoms with E-state index in [9.17, 15) is 52.5 Å². The summed E-state index contributed by atoms with van der Waals surface area (Å²) >= 11 is 0. The van der Waals surface area contributed by atoms with Crippen LogP contribution in [0.5, 0.6) is 0 Å². The standard InChI is InChI=1S/C21H23S.C4HF9O3S/c1-18-12-10-11-17-21(18)22(2,3,19-13-6-4-7-14-19)20-15-8-5-9-16-20;5-1(6,3(9,10)11)2(7,8)4(12,13)17(14,15)16/h4-17H,1-3H3;(H,14,15,16)/q+1;/p-1. The number of hydrogen-bond donors (Lipinski definition) is 0. The van der Waals surface area contributed by atoms with E-state index in [1.54, 1.807) is 0 Å². The Morgan fingerprint density at radius 2 is 0.974 bits per heavy atom. The highest BCUT2D eigenvalue weighted by atomic mass is 32.3. The van der Waals surface area contributed by atoms with Crippen molar-refractivity contribution in [1.29, 1.82) is 0 Å². The van der Waals surface area contributed by atoms with Gasteiger partial charge in [-0.25, -0.2) is 8.42 Å². The summed E-state index contributed by atoms with van der Waals surface area (Å²) in [6.07, 6.45) is -2.26. The van der Waals surface area contributed by atoms with Gasteiger partial charge in [-0.3, -0.25) is 0 Å². The number of alkyl halides is 9. The molecule has 3 nitrogen and oxygen atoms in total. The lowest BCUT2D eigenvalue weighted by atomic mass is 10.1. The summed E-state index contributed by atoms with van der Waals surface area (Å²) in [5.74, 6) is -14.8. The molecule has 0 saturated heterocycles. The molecule has 0 N–H and O–H groups in total. The number of hydrogen-bond acceptors (Lipinski definition) is 3. The molecule has 3 aromatic rings. The van der Waals surface area contributed by atoms with E-state index in [2.05, 4.69) is 104 Å². The summed E-state index contributed by atoms with van der Waals surface area (Å²) in [7, 11) is -9.53. The van der Waals surface area contributed by atoms with Crippen LogP contribution in [0.3, 0.4) is 0 Å². The van der Waals surface area contributed by atoms with Crippen LogP contribution >= 0.6 is 0 Å². The zero-order valence-electron chi connectivity index (χ0n) is 20.5. The number of benzene rings is 3. The van der Waals surface area contributed by atoms with Gasteiger partial charge in [-0.15, -0.1) is 0 Å². The third-order valence-electron chi connectivity index (χ3n) is 6.08. The van der Waals surface area contributed by atoms with Crippen LogP contribution < -0.4 is 0 Å². The topological polar surface area (TPSA) is 57.2 Å². The van der Waals surface area contributed by atoms with Crippen molar-refractivity contribution < 1.29 is 52.5 Å². The van der Waals surface area contributed by atoms with E-state index in [1.807, 2.05) is 0 Å². The predicted octanol–water partition coefficient (Wildman–Crippen LogP) is 7.38. The van der Waals surface area contributed by atoms with E-state index in [0.29, 0.717) is 0 Å². The third kappa shape index (κ3) is 5.50. The molecule has 0 aliphatic heterocycles. The molecule has 0 amide bonds. The molecular weight excluding hydrogens is 583 g/mol. The van der Waals surface area contributed by atoms with Gasteiger partial charge in [0.05, 0.1) is 14.7 Å². The summed E-state index contributed by atoms with van der Waals surface area (Å²) in [6.45, 7) is 2.23. The molecular formula is C25H23F9O3S2. The van der Waals surface area contributed by atoms with Gasteiger partial charge in [0.15, 0.2) is 10.1 Å². The first kappa shape index (κ1) is 32.5. The Hall–Kier alpha value is -2.71. The van der Waals surface area contributed by atoms with Crippen molar-refractivity contribution in [3.05, 3.63) is 90.5 Å². The Bertz CT molecular complexity index is 1350. The van der Waals surface area contributed by atoms with Crippen molar-refractivity contribution >= 4 is 19.3 Å². The summed E-state index contributed by atoms with van der Waals surface area (Å²) in [5, 5.41) is -7.11. The SMILES string of the molecule is Cc1ccccc1[S+](C)(C)(c1ccccc1)c1ccccc1.O=S(=O)([O-])C(F)(F)C(F)(F)C(F)(F)C(F)(F)F. The first-order chi connectivity index (χ1) is 17.5. The number of halogens is 9. The fourth-order valence-corrected chi connectivity index (χ4v) is 8.50. The first-order valence-electron chi connectivity index (χ1n) is 10.7. The van der Waals surface area contributed by atoms with Crippen LogP contribution in [0.25, 0.3) is 0 Å². The molecule has 3 rings (SSSR count). The fourth-order valence-electron chi connectivity index (χ4n) is 3.81. The average molecular weight is 607 g/mol. The van der Waals surface area contributed by atoms with Crippen LogP contribution in [0.2, 0.25) is 0 Å². The van der Waals surface area contributed by atoms with Gasteiger partial charge in [-0.2, -0.15) is 48.7 Å². The minimum absolute atomic E-state index is 1.36. The van der Waals surface area contributed by atoms with E-state index in [0.717, 1.165) is 0 Å². The molecule has 3 aromatic carbocycles. The van der Waals surface area contributed by atoms with E-state index >= 15 is 0 Å². The third-order valence-corrected chi connectivity index (χ3v) is 12.1. The molecule has 0 heterocycles. The highest BCUT2D eigenvalue weighted by molar-refractivity contribution is 8.29. The number of aryl methyl sites for hydroxylation is 1. The zero-order chi connectivity index (χ0) is 30.2. The molecule has 0 aromatic heterocycles. The van der Waals surface area contributed by atoms with Crippen molar-refractivity contribution in [2.75, 3.05) is 12.5 Å². The van der Waals surface area contributed by atoms with Gasteiger partial charge in [0, 0.05) is 12.5 Å². The summed E-state index contributed by atoms with van der Waals surface area (Å²) in [4.78, 5) is 4.29. The highest BCUT2D eigenvalue weighted by Crippen LogP contribution is 2.56. The molecule has 0 bridgehead atoms. The van der Waals surface area contributed by atoms with Gasteiger partial charge in [0.2, 0.25) is 0 Å². The molecule has 216 valence electrons. The minimum atomic E-state index is -7.43. The Kier molecular flexibility index (Phi) is 8.63. The van der Waals surface area contributed by atoms with Crippen LogP contribution in [0.15, 0.2) is 99.6 Å². The van der Waals surface area contributed by atoms with Crippen LogP contribution in [-0.2, 0) is 19.3 Å². The molecule has 39 heavy (non-hydrogen) atoms. The summed E-state index contributed by atoms with van der Waals surface area (Å²) < 4.78 is 135. The van der Waals surface area contributed by atoms with Crippen molar-refractivity contribution in [1.82, 2.24) is 0 Å². The smallest absolute Gasteiger partial charge is 0.460 e. The Labute approximate surface area is 219 Å². The molecule has 14 heteroatoms. The number of rotatable bonds is 6. The molecule has 0 radical (unpaired) electrons. The van der Waals surface area contributed by atoms with E-state index in [1.165, 1.54) is 20.2 Å². The largest absolute Gasteiger partial charge is 0.743 e. The van der Waals surface area contributed by atoms with E-state index < -0.39 is 42.6 Å². The van der Waals surface area contributed by atoms with Crippen LogP contribution in [0, 0.1) is 6.92 Å². The highest BCUT2D eigenvalue weighted by Gasteiger charge is 2.83. The van der Waals surface area contributed by atoms with Crippen LogP contribution in [0.4, 0.5) is 39.5 Å². The van der Waals surface area contributed by atoms with Gasteiger partial charge in [-0.05, 0) is 42.8 Å². The maximum atomic E-state index is 12.2. The molecule has 0 atom stereocenters. The quantitative estimate of drug-likeness (QED) is 0.167. The molecule has 0 fully saturated rings. The zero-order valence-corrected chi connectivity index (χ0v) is 22.2. The van der Waals surface area contributed by atoms with Crippen molar-refractivity contribution in [2.45, 2.75) is 44.9 Å². The lowest BCUT2D eigenvalue weighted by Crippen LogP contribution is -2.63. The van der Waals surface area contributed by atoms with Gasteiger partial charge >= 0.3 is 23.3 Å². The van der Waals surface area contributed by atoms with E-state index in [4.69, 9.17) is 0 Å². The van der Waals surface area contributed by atoms with Gasteiger partial charge < -0.3 is 4.55 Å². The van der Waals surface area contributed by atoms with Gasteiger partial charge in [0.1, 0.15) is 0 Å². The average Bonchev–Trinajstić information content (AvgIpc) is 2.84. The molecule has 0 unspecified atom stereocenters. The normalized spacial score (nSPS) is 14.5. The maximum Gasteiger partial charge on any atom is 0.460 e. The molecule has 0 saturated carbocycles. The monoisotopic (exact) mass is 606 g/mol. The second-order valence-corrected chi connectivity index (χ2v) is 15.6. The fraction of sp³-hybridized carbons (Fsp3) is 0.280. The van der Waals surface area contributed by atoms with Crippen LogP contribution in [0.1, 0.15) is 5.56 Å². The Morgan fingerprint density at radius 3 is 1.31 bits per heavy atom. The maximum absolute atomic E-state index is 12.2. The second kappa shape index (κ2) is 10.4. The van der Waals surface area contributed by atoms with Crippen molar-refractivity contribution in [3.8, 4) is 0 Å². The van der Waals surface area contributed by atoms with E-state index in [-0.39, 0.29) is 0 Å². The second-order valence-electron chi connectivity index (χ2n) is 8.95. The lowest BCUT2D eigenvalue weighted by molar-refractivity contribution is -0.382. The Balaban J connectivity index is 0.000000285. The Morgan fingerprint density at radius 1 is 0.615 bits per heavy atom.